The molecular weight excluding hydrogens is 326 g/mol. The first-order chi connectivity index (χ1) is 12.3. The molecule has 2 aliphatic rings. The Morgan fingerprint density at radius 3 is 2.68 bits per heavy atom. The third kappa shape index (κ3) is 2.59. The minimum Gasteiger partial charge on any atom is -0.493 e. The highest BCUT2D eigenvalue weighted by Crippen LogP contribution is 2.45. The van der Waals surface area contributed by atoms with E-state index in [-0.39, 0.29) is 0 Å². The zero-order valence-corrected chi connectivity index (χ0v) is 14.9. The number of rotatable bonds is 2. The summed E-state index contributed by atoms with van der Waals surface area (Å²) in [5.41, 5.74) is 6.43. The van der Waals surface area contributed by atoms with Gasteiger partial charge in [-0.2, -0.15) is 0 Å². The molecule has 3 aromatic rings. The summed E-state index contributed by atoms with van der Waals surface area (Å²) in [6.07, 6.45) is 1.02. The summed E-state index contributed by atoms with van der Waals surface area (Å²) < 4.78 is 5.63. The first-order valence-corrected chi connectivity index (χ1v) is 9.53. The molecule has 0 spiro atoms. The summed E-state index contributed by atoms with van der Waals surface area (Å²) in [6.45, 7) is 3.09. The molecule has 0 aromatic heterocycles. The summed E-state index contributed by atoms with van der Waals surface area (Å²) in [5, 5.41) is 3.59. The van der Waals surface area contributed by atoms with E-state index < -0.39 is 0 Å². The fourth-order valence-electron chi connectivity index (χ4n) is 3.59. The van der Waals surface area contributed by atoms with Gasteiger partial charge in [-0.1, -0.05) is 49.0 Å². The van der Waals surface area contributed by atoms with Crippen molar-refractivity contribution in [2.24, 2.45) is 0 Å². The van der Waals surface area contributed by atoms with Crippen LogP contribution in [0.25, 0.3) is 0 Å². The van der Waals surface area contributed by atoms with Crippen molar-refractivity contribution in [3.63, 3.8) is 0 Å². The standard InChI is InChI=1S/C22H19NOS/c1-14(15-6-8-20-17(12-15)10-11-24-20)16-7-9-22-19(13-16)23-18-4-2-3-5-21(18)25-22/h2-9,12-14,23H,10-11H2,1H3. The van der Waals surface area contributed by atoms with Gasteiger partial charge in [-0.3, -0.25) is 0 Å². The molecule has 3 aromatic carbocycles. The van der Waals surface area contributed by atoms with E-state index in [4.69, 9.17) is 4.74 Å². The molecule has 1 atom stereocenters. The average Bonchev–Trinajstić information content (AvgIpc) is 3.13. The minimum absolute atomic E-state index is 0.361. The number of hydrogen-bond acceptors (Lipinski definition) is 3. The molecule has 5 rings (SSSR count). The predicted octanol–water partition coefficient (Wildman–Crippen LogP) is 5.98. The van der Waals surface area contributed by atoms with Crippen LogP contribution < -0.4 is 10.1 Å². The van der Waals surface area contributed by atoms with E-state index in [9.17, 15) is 0 Å². The molecule has 0 fully saturated rings. The molecule has 0 amide bonds. The Morgan fingerprint density at radius 2 is 1.72 bits per heavy atom. The maximum atomic E-state index is 5.63. The van der Waals surface area contributed by atoms with E-state index in [1.165, 1.54) is 37.9 Å². The lowest BCUT2D eigenvalue weighted by atomic mass is 9.91. The maximum Gasteiger partial charge on any atom is 0.122 e. The zero-order chi connectivity index (χ0) is 16.8. The van der Waals surface area contributed by atoms with Gasteiger partial charge in [0.05, 0.1) is 18.0 Å². The van der Waals surface area contributed by atoms with Crippen molar-refractivity contribution in [2.45, 2.75) is 29.1 Å². The highest BCUT2D eigenvalue weighted by Gasteiger charge is 2.19. The second-order valence-electron chi connectivity index (χ2n) is 6.67. The molecule has 0 radical (unpaired) electrons. The number of ether oxygens (including phenoxy) is 1. The molecule has 124 valence electrons. The molecule has 1 N–H and O–H groups in total. The van der Waals surface area contributed by atoms with Crippen molar-refractivity contribution in [3.8, 4) is 5.75 Å². The van der Waals surface area contributed by atoms with E-state index in [1.807, 2.05) is 11.8 Å². The van der Waals surface area contributed by atoms with Gasteiger partial charge in [0.1, 0.15) is 5.75 Å². The molecule has 1 unspecified atom stereocenters. The van der Waals surface area contributed by atoms with Gasteiger partial charge >= 0.3 is 0 Å². The molecule has 0 saturated heterocycles. The van der Waals surface area contributed by atoms with Crippen LogP contribution in [-0.4, -0.2) is 6.61 Å². The average molecular weight is 345 g/mol. The highest BCUT2D eigenvalue weighted by molar-refractivity contribution is 7.99. The lowest BCUT2D eigenvalue weighted by molar-refractivity contribution is 0.357. The zero-order valence-electron chi connectivity index (χ0n) is 14.1. The Hall–Kier alpha value is -2.39. The third-order valence-corrected chi connectivity index (χ3v) is 6.25. The van der Waals surface area contributed by atoms with E-state index >= 15 is 0 Å². The molecular formula is C22H19NOS. The van der Waals surface area contributed by atoms with Crippen molar-refractivity contribution < 1.29 is 4.74 Å². The number of anilines is 2. The van der Waals surface area contributed by atoms with Crippen LogP contribution in [0.5, 0.6) is 5.75 Å². The largest absolute Gasteiger partial charge is 0.493 e. The fraction of sp³-hybridized carbons (Fsp3) is 0.182. The maximum absolute atomic E-state index is 5.63. The number of benzene rings is 3. The lowest BCUT2D eigenvalue weighted by Crippen LogP contribution is -2.02. The Kier molecular flexibility index (Phi) is 3.49. The van der Waals surface area contributed by atoms with E-state index in [0.717, 1.165) is 18.8 Å². The smallest absolute Gasteiger partial charge is 0.122 e. The topological polar surface area (TPSA) is 21.3 Å². The number of para-hydroxylation sites is 1. The van der Waals surface area contributed by atoms with Crippen LogP contribution in [0.1, 0.15) is 29.5 Å². The van der Waals surface area contributed by atoms with Crippen LogP contribution in [0.2, 0.25) is 0 Å². The number of nitrogens with one attached hydrogen (secondary N) is 1. The molecule has 0 saturated carbocycles. The molecule has 2 aliphatic heterocycles. The first-order valence-electron chi connectivity index (χ1n) is 8.71. The normalized spacial score (nSPS) is 15.4. The first kappa shape index (κ1) is 14.9. The lowest BCUT2D eigenvalue weighted by Gasteiger charge is -2.23. The minimum atomic E-state index is 0.361. The number of fused-ring (bicyclic) bond motifs is 3. The third-order valence-electron chi connectivity index (χ3n) is 5.09. The van der Waals surface area contributed by atoms with Gasteiger partial charge in [0, 0.05) is 22.1 Å². The van der Waals surface area contributed by atoms with Gasteiger partial charge in [0.15, 0.2) is 0 Å². The van der Waals surface area contributed by atoms with Crippen molar-refractivity contribution in [3.05, 3.63) is 77.4 Å². The van der Waals surface area contributed by atoms with Gasteiger partial charge in [-0.15, -0.1) is 0 Å². The Morgan fingerprint density at radius 1 is 0.920 bits per heavy atom. The van der Waals surface area contributed by atoms with Crippen molar-refractivity contribution in [1.29, 1.82) is 0 Å². The molecule has 0 bridgehead atoms. The Labute approximate surface area is 152 Å². The molecule has 2 heterocycles. The van der Waals surface area contributed by atoms with E-state index in [1.54, 1.807) is 0 Å². The van der Waals surface area contributed by atoms with Crippen LogP contribution in [0.15, 0.2) is 70.5 Å². The van der Waals surface area contributed by atoms with Gasteiger partial charge in [0.2, 0.25) is 0 Å². The summed E-state index contributed by atoms with van der Waals surface area (Å²) in [6, 6.07) is 21.9. The Bertz CT molecular complexity index is 966. The van der Waals surface area contributed by atoms with Crippen molar-refractivity contribution in [1.82, 2.24) is 0 Å². The summed E-state index contributed by atoms with van der Waals surface area (Å²) in [4.78, 5) is 2.58. The van der Waals surface area contributed by atoms with Crippen LogP contribution in [-0.2, 0) is 6.42 Å². The van der Waals surface area contributed by atoms with Crippen LogP contribution >= 0.6 is 11.8 Å². The molecule has 2 nitrogen and oxygen atoms in total. The second kappa shape index (κ2) is 5.85. The Balaban J connectivity index is 1.47. The summed E-state index contributed by atoms with van der Waals surface area (Å²) in [7, 11) is 0. The van der Waals surface area contributed by atoms with E-state index in [0.29, 0.717) is 5.92 Å². The van der Waals surface area contributed by atoms with Gasteiger partial charge < -0.3 is 10.1 Å². The van der Waals surface area contributed by atoms with Crippen LogP contribution in [0, 0.1) is 0 Å². The summed E-state index contributed by atoms with van der Waals surface area (Å²) >= 11 is 1.84. The van der Waals surface area contributed by atoms with E-state index in [2.05, 4.69) is 72.9 Å². The SMILES string of the molecule is CC(c1ccc2c(c1)CCO2)c1ccc2c(c1)Nc1ccccc1S2. The monoisotopic (exact) mass is 345 g/mol. The highest BCUT2D eigenvalue weighted by atomic mass is 32.2. The summed E-state index contributed by atoms with van der Waals surface area (Å²) in [5.74, 6) is 1.41. The van der Waals surface area contributed by atoms with Gasteiger partial charge in [-0.05, 0) is 47.0 Å². The van der Waals surface area contributed by atoms with Crippen LogP contribution in [0.4, 0.5) is 11.4 Å². The fourth-order valence-corrected chi connectivity index (χ4v) is 4.56. The molecule has 3 heteroatoms. The second-order valence-corrected chi connectivity index (χ2v) is 7.75. The molecule has 25 heavy (non-hydrogen) atoms. The van der Waals surface area contributed by atoms with Gasteiger partial charge in [0.25, 0.3) is 0 Å². The van der Waals surface area contributed by atoms with Crippen LogP contribution in [0.3, 0.4) is 0 Å². The predicted molar refractivity (Wildman–Crippen MR) is 103 cm³/mol. The van der Waals surface area contributed by atoms with Crippen molar-refractivity contribution >= 4 is 23.1 Å². The quantitative estimate of drug-likeness (QED) is 0.483. The molecule has 0 aliphatic carbocycles. The van der Waals surface area contributed by atoms with Gasteiger partial charge in [-0.25, -0.2) is 0 Å². The number of hydrogen-bond donors (Lipinski definition) is 1. The van der Waals surface area contributed by atoms with Crippen molar-refractivity contribution in [2.75, 3.05) is 11.9 Å².